The van der Waals surface area contributed by atoms with Crippen LogP contribution in [0.2, 0.25) is 0 Å². The summed E-state index contributed by atoms with van der Waals surface area (Å²) in [5.74, 6) is 2.21. The molecule has 0 aromatic carbocycles. The minimum absolute atomic E-state index is 0. The van der Waals surface area contributed by atoms with E-state index in [0.717, 1.165) is 70.9 Å². The monoisotopic (exact) mass is 329 g/mol. The van der Waals surface area contributed by atoms with Gasteiger partial charge in [-0.25, -0.2) is 0 Å². The zero-order valence-electron chi connectivity index (χ0n) is 13.0. The number of aromatic nitrogens is 3. The van der Waals surface area contributed by atoms with Gasteiger partial charge in [-0.15, -0.1) is 0 Å². The van der Waals surface area contributed by atoms with Crippen molar-refractivity contribution in [3.05, 3.63) is 0 Å². The molecule has 3 heterocycles. The predicted octanol–water partition coefficient (Wildman–Crippen LogP) is -4.47. The van der Waals surface area contributed by atoms with E-state index in [1.807, 2.05) is 6.92 Å². The topological polar surface area (TPSA) is 83.0 Å². The number of hydrogen-bond acceptors (Lipinski definition) is 7. The van der Waals surface area contributed by atoms with Crippen molar-refractivity contribution in [2.24, 2.45) is 0 Å². The van der Waals surface area contributed by atoms with Crippen molar-refractivity contribution in [2.45, 2.75) is 6.92 Å². The van der Waals surface area contributed by atoms with Crippen LogP contribution >= 0.6 is 0 Å². The third kappa shape index (κ3) is 4.08. The van der Waals surface area contributed by atoms with Crippen LogP contribution < -0.4 is 32.8 Å². The number of morpholine rings is 1. The number of hydrogen-bond donors (Lipinski definition) is 2. The Labute approximate surface area is 137 Å². The average molecular weight is 330 g/mol. The number of piperazine rings is 1. The van der Waals surface area contributed by atoms with Crippen molar-refractivity contribution in [1.82, 2.24) is 15.0 Å². The number of ether oxygens (including phenoxy) is 1. The second kappa shape index (κ2) is 8.30. The van der Waals surface area contributed by atoms with Crippen LogP contribution in [0.15, 0.2) is 0 Å². The molecule has 3 N–H and O–H groups in total. The van der Waals surface area contributed by atoms with E-state index in [0.29, 0.717) is 5.95 Å². The van der Waals surface area contributed by atoms with Crippen molar-refractivity contribution in [3.8, 4) is 0 Å². The lowest BCUT2D eigenvalue weighted by molar-refractivity contribution is -0.655. The largest absolute Gasteiger partial charge is 1.00 e. The van der Waals surface area contributed by atoms with Gasteiger partial charge in [0.2, 0.25) is 17.8 Å². The van der Waals surface area contributed by atoms with Gasteiger partial charge in [0.1, 0.15) is 0 Å². The second-order valence-corrected chi connectivity index (χ2v) is 5.24. The predicted molar refractivity (Wildman–Crippen MR) is 80.9 cm³/mol. The third-order valence-corrected chi connectivity index (χ3v) is 3.73. The highest BCUT2D eigenvalue weighted by molar-refractivity contribution is 5.45. The lowest BCUT2D eigenvalue weighted by atomic mass is 10.4. The molecule has 2 aliphatic rings. The molecule has 0 unspecified atom stereocenters. The first kappa shape index (κ1) is 17.0. The first-order valence-electron chi connectivity index (χ1n) is 7.76. The Morgan fingerprint density at radius 3 is 2.18 bits per heavy atom. The van der Waals surface area contributed by atoms with Gasteiger partial charge in [0.25, 0.3) is 0 Å². The highest BCUT2D eigenvalue weighted by Crippen LogP contribution is 2.17. The Kier molecular flexibility index (Phi) is 6.41. The molecule has 3 rings (SSSR count). The van der Waals surface area contributed by atoms with Crippen molar-refractivity contribution in [2.75, 3.05) is 74.1 Å². The van der Waals surface area contributed by atoms with Gasteiger partial charge in [-0.1, -0.05) is 0 Å². The molecule has 2 fully saturated rings. The number of rotatable bonds is 4. The van der Waals surface area contributed by atoms with Crippen LogP contribution in [-0.4, -0.2) is 74.0 Å². The number of anilines is 3. The van der Waals surface area contributed by atoms with Gasteiger partial charge in [-0.3, -0.25) is 0 Å². The molecule has 0 radical (unpaired) electrons. The van der Waals surface area contributed by atoms with Crippen LogP contribution in [0.3, 0.4) is 0 Å². The average Bonchev–Trinajstić information content (AvgIpc) is 2.56. The minimum Gasteiger partial charge on any atom is -1.00 e. The van der Waals surface area contributed by atoms with Crippen molar-refractivity contribution >= 4 is 17.8 Å². The molecule has 2 aliphatic heterocycles. The van der Waals surface area contributed by atoms with E-state index in [1.165, 1.54) is 0 Å². The molecule has 0 aliphatic carbocycles. The van der Waals surface area contributed by atoms with Gasteiger partial charge < -0.3 is 37.6 Å². The number of quaternary nitrogens is 1. The van der Waals surface area contributed by atoms with E-state index < -0.39 is 0 Å². The standard InChI is InChI=1S/C13H23N7O.ClH/c1-2-15-11-16-12(19-5-3-14-4-6-19)18-13(17-11)20-7-9-21-10-8-20;/h14H,2-10H2,1H3,(H,15,16,17,18);1H. The smallest absolute Gasteiger partial charge is 0.232 e. The Hall–Kier alpha value is -1.38. The van der Waals surface area contributed by atoms with Crippen LogP contribution in [-0.2, 0) is 4.74 Å². The van der Waals surface area contributed by atoms with Crippen LogP contribution in [0, 0.1) is 0 Å². The molecule has 0 bridgehead atoms. The highest BCUT2D eigenvalue weighted by atomic mass is 35.5. The van der Waals surface area contributed by atoms with Crippen molar-refractivity contribution in [3.63, 3.8) is 0 Å². The maximum Gasteiger partial charge on any atom is 0.232 e. The molecule has 2 saturated heterocycles. The summed E-state index contributed by atoms with van der Waals surface area (Å²) in [6.45, 7) is 10.1. The van der Waals surface area contributed by atoms with Crippen LogP contribution in [0.4, 0.5) is 17.8 Å². The summed E-state index contributed by atoms with van der Waals surface area (Å²) in [5.41, 5.74) is 0. The fraction of sp³-hybridized carbons (Fsp3) is 0.769. The van der Waals surface area contributed by atoms with E-state index in [-0.39, 0.29) is 12.4 Å². The molecule has 1 aromatic rings. The Morgan fingerprint density at radius 1 is 1.00 bits per heavy atom. The number of halogens is 1. The Balaban J connectivity index is 0.00000176. The number of nitrogens with two attached hydrogens (primary N) is 1. The molecule has 9 heteroatoms. The normalized spacial score (nSPS) is 18.8. The summed E-state index contributed by atoms with van der Waals surface area (Å²) < 4.78 is 5.40. The summed E-state index contributed by atoms with van der Waals surface area (Å²) in [6, 6.07) is 0. The molecule has 0 saturated carbocycles. The summed E-state index contributed by atoms with van der Waals surface area (Å²) in [4.78, 5) is 18.2. The SMILES string of the molecule is CCNc1nc(N2CC[NH2+]CC2)nc(N2CCOCC2)n1.[Cl-]. The van der Waals surface area contributed by atoms with E-state index in [1.54, 1.807) is 0 Å². The van der Waals surface area contributed by atoms with Crippen LogP contribution in [0.1, 0.15) is 6.92 Å². The molecule has 0 spiro atoms. The molecule has 0 amide bonds. The van der Waals surface area contributed by atoms with E-state index in [2.05, 4.69) is 35.4 Å². The molecular weight excluding hydrogens is 306 g/mol. The molecule has 22 heavy (non-hydrogen) atoms. The summed E-state index contributed by atoms with van der Waals surface area (Å²) in [5, 5.41) is 5.54. The van der Waals surface area contributed by atoms with E-state index in [9.17, 15) is 0 Å². The molecule has 8 nitrogen and oxygen atoms in total. The van der Waals surface area contributed by atoms with Crippen LogP contribution in [0.5, 0.6) is 0 Å². The van der Waals surface area contributed by atoms with Gasteiger partial charge in [-0.05, 0) is 6.92 Å². The molecule has 124 valence electrons. The zero-order chi connectivity index (χ0) is 14.5. The Bertz CT molecular complexity index is 427. The quantitative estimate of drug-likeness (QED) is 0.576. The second-order valence-electron chi connectivity index (χ2n) is 5.24. The van der Waals surface area contributed by atoms with E-state index >= 15 is 0 Å². The number of nitrogens with zero attached hydrogens (tertiary/aromatic N) is 5. The lowest BCUT2D eigenvalue weighted by Gasteiger charge is -2.29. The van der Waals surface area contributed by atoms with Crippen molar-refractivity contribution < 1.29 is 22.5 Å². The van der Waals surface area contributed by atoms with Gasteiger partial charge in [0, 0.05) is 19.6 Å². The zero-order valence-corrected chi connectivity index (χ0v) is 13.7. The lowest BCUT2D eigenvalue weighted by Crippen LogP contribution is -3.00. The van der Waals surface area contributed by atoms with Gasteiger partial charge >= 0.3 is 0 Å². The molecular formula is C13H24ClN7O. The first-order chi connectivity index (χ1) is 10.4. The summed E-state index contributed by atoms with van der Waals surface area (Å²) in [7, 11) is 0. The first-order valence-corrected chi connectivity index (χ1v) is 7.76. The molecule has 1 aromatic heterocycles. The Morgan fingerprint density at radius 2 is 1.59 bits per heavy atom. The summed E-state index contributed by atoms with van der Waals surface area (Å²) in [6.07, 6.45) is 0. The minimum atomic E-state index is 0. The van der Waals surface area contributed by atoms with E-state index in [4.69, 9.17) is 4.74 Å². The molecule has 0 atom stereocenters. The third-order valence-electron chi connectivity index (χ3n) is 3.73. The fourth-order valence-electron chi connectivity index (χ4n) is 2.59. The fourth-order valence-corrected chi connectivity index (χ4v) is 2.59. The van der Waals surface area contributed by atoms with Gasteiger partial charge in [0.05, 0.1) is 39.4 Å². The van der Waals surface area contributed by atoms with Gasteiger partial charge in [-0.2, -0.15) is 15.0 Å². The highest BCUT2D eigenvalue weighted by Gasteiger charge is 2.20. The maximum absolute atomic E-state index is 5.40. The van der Waals surface area contributed by atoms with Crippen molar-refractivity contribution in [1.29, 1.82) is 0 Å². The summed E-state index contributed by atoms with van der Waals surface area (Å²) >= 11 is 0. The van der Waals surface area contributed by atoms with Gasteiger partial charge in [0.15, 0.2) is 0 Å². The van der Waals surface area contributed by atoms with Crippen LogP contribution in [0.25, 0.3) is 0 Å². The maximum atomic E-state index is 5.40. The number of nitrogens with one attached hydrogen (secondary N) is 1.